The van der Waals surface area contributed by atoms with Crippen molar-refractivity contribution >= 4 is 0 Å². The van der Waals surface area contributed by atoms with Crippen LogP contribution in [0.1, 0.15) is 62.6 Å². The Hall–Kier alpha value is -1.84. The zero-order valence-corrected chi connectivity index (χ0v) is 18.8. The van der Waals surface area contributed by atoms with Crippen molar-refractivity contribution in [2.24, 2.45) is 0 Å². The van der Waals surface area contributed by atoms with Crippen molar-refractivity contribution in [3.8, 4) is 5.75 Å². The molecule has 0 bridgehead atoms. The van der Waals surface area contributed by atoms with Crippen molar-refractivity contribution in [2.75, 3.05) is 26.2 Å². The first-order valence-corrected chi connectivity index (χ1v) is 11.4. The minimum atomic E-state index is 0.620. The third kappa shape index (κ3) is 9.47. The highest BCUT2D eigenvalue weighted by Crippen LogP contribution is 2.16. The number of hydrogen-bond acceptors (Lipinski definition) is 3. The Bertz CT molecular complexity index is 678. The Balaban J connectivity index is 1.69. The number of hydrogen-bond donors (Lipinski definition) is 1. The van der Waals surface area contributed by atoms with Gasteiger partial charge in [-0.05, 0) is 81.2 Å². The van der Waals surface area contributed by atoms with E-state index in [-0.39, 0.29) is 0 Å². The van der Waals surface area contributed by atoms with E-state index in [0.29, 0.717) is 6.61 Å². The van der Waals surface area contributed by atoms with Crippen LogP contribution >= 0.6 is 0 Å². The van der Waals surface area contributed by atoms with Crippen LogP contribution in [0.15, 0.2) is 48.5 Å². The second-order valence-corrected chi connectivity index (χ2v) is 7.94. The smallest absolute Gasteiger partial charge is 0.120 e. The average molecular weight is 397 g/mol. The third-order valence-electron chi connectivity index (χ3n) is 5.37. The first-order chi connectivity index (χ1) is 14.2. The van der Waals surface area contributed by atoms with Gasteiger partial charge in [-0.2, -0.15) is 0 Å². The highest BCUT2D eigenvalue weighted by atomic mass is 16.5. The molecule has 0 saturated heterocycles. The Morgan fingerprint density at radius 3 is 2.31 bits per heavy atom. The lowest BCUT2D eigenvalue weighted by Gasteiger charge is -2.22. The fraction of sp³-hybridized carbons (Fsp3) is 0.538. The fourth-order valence-electron chi connectivity index (χ4n) is 3.44. The number of unbranched alkanes of at least 4 members (excludes halogenated alkanes) is 2. The molecule has 1 N–H and O–H groups in total. The van der Waals surface area contributed by atoms with E-state index in [4.69, 9.17) is 4.74 Å². The maximum atomic E-state index is 6.01. The van der Waals surface area contributed by atoms with Gasteiger partial charge in [0.25, 0.3) is 0 Å². The Kier molecular flexibility index (Phi) is 11.5. The summed E-state index contributed by atoms with van der Waals surface area (Å²) in [5, 5.41) is 3.60. The molecule has 0 aromatic heterocycles. The van der Waals surface area contributed by atoms with Gasteiger partial charge in [0.1, 0.15) is 12.4 Å². The van der Waals surface area contributed by atoms with Crippen LogP contribution < -0.4 is 10.1 Å². The molecular weight excluding hydrogens is 356 g/mol. The third-order valence-corrected chi connectivity index (χ3v) is 5.37. The SMILES string of the molecule is CCCCN(CCCC)CCCNCc1cccc(OCc2ccccc2C)c1. The molecule has 3 heteroatoms. The molecule has 0 unspecified atom stereocenters. The van der Waals surface area contributed by atoms with E-state index in [1.807, 2.05) is 6.07 Å². The summed E-state index contributed by atoms with van der Waals surface area (Å²) in [7, 11) is 0. The number of nitrogens with one attached hydrogen (secondary N) is 1. The maximum Gasteiger partial charge on any atom is 0.120 e. The summed E-state index contributed by atoms with van der Waals surface area (Å²) in [6, 6.07) is 16.8. The molecule has 0 atom stereocenters. The van der Waals surface area contributed by atoms with E-state index in [9.17, 15) is 0 Å². The molecule has 0 spiro atoms. The molecule has 0 aliphatic heterocycles. The summed E-state index contributed by atoms with van der Waals surface area (Å²) >= 11 is 0. The highest BCUT2D eigenvalue weighted by molar-refractivity contribution is 5.30. The topological polar surface area (TPSA) is 24.5 Å². The maximum absolute atomic E-state index is 6.01. The molecule has 0 radical (unpaired) electrons. The van der Waals surface area contributed by atoms with Gasteiger partial charge in [-0.3, -0.25) is 0 Å². The van der Waals surface area contributed by atoms with E-state index in [1.54, 1.807) is 0 Å². The van der Waals surface area contributed by atoms with Crippen LogP contribution in [-0.4, -0.2) is 31.1 Å². The highest BCUT2D eigenvalue weighted by Gasteiger charge is 2.04. The second-order valence-electron chi connectivity index (χ2n) is 7.94. The lowest BCUT2D eigenvalue weighted by molar-refractivity contribution is 0.261. The molecule has 160 valence electrons. The molecule has 0 amide bonds. The number of aryl methyl sites for hydroxylation is 1. The van der Waals surface area contributed by atoms with Crippen LogP contribution in [0.2, 0.25) is 0 Å². The first kappa shape index (κ1) is 23.4. The minimum Gasteiger partial charge on any atom is -0.489 e. The number of benzene rings is 2. The zero-order chi connectivity index (χ0) is 20.7. The number of nitrogens with zero attached hydrogens (tertiary/aromatic N) is 1. The van der Waals surface area contributed by atoms with Crippen LogP contribution in [0.4, 0.5) is 0 Å². The van der Waals surface area contributed by atoms with Gasteiger partial charge >= 0.3 is 0 Å². The standard InChI is InChI=1S/C26H40N2O/c1-4-6-17-28(18-7-5-2)19-11-16-27-21-24-13-10-15-26(20-24)29-22-25-14-9-8-12-23(25)3/h8-10,12-15,20,27H,4-7,11,16-19,21-22H2,1-3H3. The molecule has 2 aromatic rings. The van der Waals surface area contributed by atoms with Gasteiger partial charge in [-0.1, -0.05) is 63.1 Å². The normalized spacial score (nSPS) is 11.2. The summed E-state index contributed by atoms with van der Waals surface area (Å²) in [4.78, 5) is 2.63. The van der Waals surface area contributed by atoms with Crippen LogP contribution in [0.3, 0.4) is 0 Å². The van der Waals surface area contributed by atoms with Gasteiger partial charge in [0, 0.05) is 6.54 Å². The predicted molar refractivity (Wildman–Crippen MR) is 125 cm³/mol. The van der Waals surface area contributed by atoms with Gasteiger partial charge in [-0.25, -0.2) is 0 Å². The van der Waals surface area contributed by atoms with Gasteiger partial charge in [-0.15, -0.1) is 0 Å². The Morgan fingerprint density at radius 2 is 1.59 bits per heavy atom. The van der Waals surface area contributed by atoms with Gasteiger partial charge in [0.15, 0.2) is 0 Å². The lowest BCUT2D eigenvalue weighted by atomic mass is 10.1. The van der Waals surface area contributed by atoms with Crippen molar-refractivity contribution in [3.63, 3.8) is 0 Å². The first-order valence-electron chi connectivity index (χ1n) is 11.4. The molecule has 29 heavy (non-hydrogen) atoms. The van der Waals surface area contributed by atoms with E-state index in [1.165, 1.54) is 68.4 Å². The summed E-state index contributed by atoms with van der Waals surface area (Å²) in [6.45, 7) is 12.9. The van der Waals surface area contributed by atoms with Crippen molar-refractivity contribution in [3.05, 3.63) is 65.2 Å². The summed E-state index contributed by atoms with van der Waals surface area (Å²) in [5.41, 5.74) is 3.80. The van der Waals surface area contributed by atoms with Crippen molar-refractivity contribution < 1.29 is 4.74 Å². The summed E-state index contributed by atoms with van der Waals surface area (Å²) < 4.78 is 6.01. The lowest BCUT2D eigenvalue weighted by Crippen LogP contribution is -2.29. The molecular formula is C26H40N2O. The molecule has 2 rings (SSSR count). The van der Waals surface area contributed by atoms with Crippen molar-refractivity contribution in [2.45, 2.75) is 66.0 Å². The van der Waals surface area contributed by atoms with Crippen LogP contribution in [0.5, 0.6) is 5.75 Å². The van der Waals surface area contributed by atoms with Gasteiger partial charge < -0.3 is 15.0 Å². The molecule has 0 aliphatic carbocycles. The van der Waals surface area contributed by atoms with Crippen molar-refractivity contribution in [1.29, 1.82) is 0 Å². The van der Waals surface area contributed by atoms with Crippen LogP contribution in [-0.2, 0) is 13.2 Å². The Morgan fingerprint density at radius 1 is 0.862 bits per heavy atom. The number of ether oxygens (including phenoxy) is 1. The molecule has 3 nitrogen and oxygen atoms in total. The van der Waals surface area contributed by atoms with Crippen LogP contribution in [0.25, 0.3) is 0 Å². The minimum absolute atomic E-state index is 0.620. The molecule has 0 saturated carbocycles. The Labute approximate surface area is 178 Å². The van der Waals surface area contributed by atoms with Gasteiger partial charge in [0.05, 0.1) is 0 Å². The fourth-order valence-corrected chi connectivity index (χ4v) is 3.44. The quantitative estimate of drug-likeness (QED) is 0.376. The van der Waals surface area contributed by atoms with E-state index in [0.717, 1.165) is 18.8 Å². The average Bonchev–Trinajstić information content (AvgIpc) is 2.74. The molecule has 0 heterocycles. The zero-order valence-electron chi connectivity index (χ0n) is 18.8. The largest absolute Gasteiger partial charge is 0.489 e. The summed E-state index contributed by atoms with van der Waals surface area (Å²) in [5.74, 6) is 0.942. The second kappa shape index (κ2) is 14.2. The van der Waals surface area contributed by atoms with Crippen molar-refractivity contribution in [1.82, 2.24) is 10.2 Å². The molecule has 0 fully saturated rings. The predicted octanol–water partition coefficient (Wildman–Crippen LogP) is 5.96. The molecule has 0 aliphatic rings. The van der Waals surface area contributed by atoms with Crippen LogP contribution in [0, 0.1) is 6.92 Å². The van der Waals surface area contributed by atoms with E-state index >= 15 is 0 Å². The number of rotatable bonds is 15. The van der Waals surface area contributed by atoms with E-state index in [2.05, 4.69) is 73.5 Å². The van der Waals surface area contributed by atoms with E-state index < -0.39 is 0 Å². The summed E-state index contributed by atoms with van der Waals surface area (Å²) in [6.07, 6.45) is 6.39. The monoisotopic (exact) mass is 396 g/mol. The molecule has 2 aromatic carbocycles. The van der Waals surface area contributed by atoms with Gasteiger partial charge in [0.2, 0.25) is 0 Å².